The lowest BCUT2D eigenvalue weighted by Crippen LogP contribution is -2.46. The fourth-order valence-electron chi connectivity index (χ4n) is 4.74. The molecule has 2 aliphatic heterocycles. The molecule has 2 aliphatic rings. The van der Waals surface area contributed by atoms with Crippen LogP contribution < -0.4 is 11.5 Å². The highest BCUT2D eigenvalue weighted by Gasteiger charge is 2.32. The zero-order chi connectivity index (χ0) is 23.6. The van der Waals surface area contributed by atoms with E-state index in [2.05, 4.69) is 21.6 Å². The van der Waals surface area contributed by atoms with Crippen molar-refractivity contribution in [1.29, 1.82) is 0 Å². The van der Waals surface area contributed by atoms with Crippen LogP contribution in [0, 0.1) is 11.8 Å². The zero-order valence-electron chi connectivity index (χ0n) is 19.5. The number of nitrogens with two attached hydrogens (primary N) is 2. The predicted molar refractivity (Wildman–Crippen MR) is 132 cm³/mol. The van der Waals surface area contributed by atoms with E-state index in [1.807, 2.05) is 29.2 Å². The van der Waals surface area contributed by atoms with E-state index in [1.54, 1.807) is 19.4 Å². The number of likely N-dealkylation sites (tertiary alicyclic amines) is 2. The number of carbonyl (C=O) groups excluding carboxylic acids is 1. The molecule has 0 bridgehead atoms. The summed E-state index contributed by atoms with van der Waals surface area (Å²) < 4.78 is 0. The molecular weight excluding hydrogens is 416 g/mol. The Morgan fingerprint density at radius 1 is 1.24 bits per heavy atom. The molecule has 3 heterocycles. The minimum absolute atomic E-state index is 0.101. The van der Waals surface area contributed by atoms with Gasteiger partial charge in [0.25, 0.3) is 0 Å². The van der Waals surface area contributed by atoms with Crippen LogP contribution in [0.25, 0.3) is 0 Å². The first-order chi connectivity index (χ1) is 16.0. The summed E-state index contributed by atoms with van der Waals surface area (Å²) in [6.45, 7) is 7.92. The number of hydrogen-bond acceptors (Lipinski definition) is 7. The Balaban J connectivity index is 1.51. The third-order valence-electron chi connectivity index (χ3n) is 6.44. The molecule has 2 saturated heterocycles. The van der Waals surface area contributed by atoms with Gasteiger partial charge in [-0.25, -0.2) is 4.98 Å². The predicted octanol–water partition coefficient (Wildman–Crippen LogP) is 2.70. The van der Waals surface area contributed by atoms with Gasteiger partial charge in [0, 0.05) is 43.2 Å². The van der Waals surface area contributed by atoms with Crippen molar-refractivity contribution in [3.63, 3.8) is 0 Å². The third kappa shape index (κ3) is 6.68. The number of allylic oxidation sites excluding steroid dienone is 4. The monoisotopic (exact) mass is 452 g/mol. The Labute approximate surface area is 196 Å². The number of aromatic nitrogens is 1. The van der Waals surface area contributed by atoms with Gasteiger partial charge < -0.3 is 21.2 Å². The number of hydrogen-bond donors (Lipinski definition) is 2. The summed E-state index contributed by atoms with van der Waals surface area (Å²) in [6.07, 6.45) is 12.1. The van der Waals surface area contributed by atoms with Crippen LogP contribution in [0.4, 0.5) is 5.82 Å². The molecule has 0 spiro atoms. The molecule has 3 rings (SSSR count). The highest BCUT2D eigenvalue weighted by atomic mass is 16.6. The topological polar surface area (TPSA) is 110 Å². The molecular formula is C25H36N6O2. The molecule has 4 N–H and O–H groups in total. The molecule has 0 radical (unpaired) electrons. The van der Waals surface area contributed by atoms with Gasteiger partial charge in [-0.05, 0) is 68.7 Å². The summed E-state index contributed by atoms with van der Waals surface area (Å²) >= 11 is 0. The van der Waals surface area contributed by atoms with Crippen LogP contribution in [0.2, 0.25) is 0 Å². The lowest BCUT2D eigenvalue weighted by molar-refractivity contribution is -0.138. The van der Waals surface area contributed by atoms with Gasteiger partial charge in [0.1, 0.15) is 12.9 Å². The normalized spacial score (nSPS) is 19.7. The molecule has 0 atom stereocenters. The molecule has 0 aliphatic carbocycles. The van der Waals surface area contributed by atoms with Crippen molar-refractivity contribution in [3.8, 4) is 0 Å². The van der Waals surface area contributed by atoms with Gasteiger partial charge in [0.2, 0.25) is 5.91 Å². The Hall–Kier alpha value is -3.13. The average Bonchev–Trinajstić information content (AvgIpc) is 2.83. The van der Waals surface area contributed by atoms with Crippen LogP contribution in [0.15, 0.2) is 60.1 Å². The smallest absolute Gasteiger partial charge is 0.225 e. The third-order valence-corrected chi connectivity index (χ3v) is 6.44. The van der Waals surface area contributed by atoms with Gasteiger partial charge in [0.05, 0.1) is 5.71 Å². The Bertz CT molecular complexity index is 894. The molecule has 8 heteroatoms. The Morgan fingerprint density at radius 2 is 1.94 bits per heavy atom. The standard InChI is InChI=1S/C25H36N6O2/c1-3-4-20(5-11-26)24(29-33-2)21-9-15-31(16-10-21)25(32)22-7-13-30(14-8-22)18-19-6-12-28-23(27)17-19/h3-6,11-12,17,21-22H,1,7-10,13-16,18,26H2,2H3,(H2,27,28)/b11-5-,20-4+,29-24-. The molecule has 8 nitrogen and oxygen atoms in total. The number of anilines is 1. The molecule has 2 fully saturated rings. The average molecular weight is 453 g/mol. The maximum atomic E-state index is 13.2. The SMILES string of the molecule is C=C/C=C(\C=C/N)C(=N/OC)/C1CCN(C(=O)C2CCN(Cc3ccnc(N)c3)CC2)CC1. The second-order valence-electron chi connectivity index (χ2n) is 8.61. The number of rotatable bonds is 8. The quantitative estimate of drug-likeness (QED) is 0.356. The van der Waals surface area contributed by atoms with Crippen LogP contribution in [0.3, 0.4) is 0 Å². The number of nitrogens with zero attached hydrogens (tertiary/aromatic N) is 4. The van der Waals surface area contributed by atoms with Crippen molar-refractivity contribution in [2.45, 2.75) is 32.2 Å². The molecule has 0 aromatic carbocycles. The second-order valence-corrected chi connectivity index (χ2v) is 8.61. The van der Waals surface area contributed by atoms with Crippen molar-refractivity contribution in [1.82, 2.24) is 14.8 Å². The van der Waals surface area contributed by atoms with Crippen LogP contribution in [0.1, 0.15) is 31.2 Å². The van der Waals surface area contributed by atoms with Crippen LogP contribution in [0.5, 0.6) is 0 Å². The van der Waals surface area contributed by atoms with Crippen molar-refractivity contribution in [2.75, 3.05) is 39.0 Å². The first kappa shape index (κ1) is 24.5. The number of amides is 1. The number of nitrogen functional groups attached to an aromatic ring is 1. The van der Waals surface area contributed by atoms with E-state index in [4.69, 9.17) is 16.3 Å². The van der Waals surface area contributed by atoms with Gasteiger partial charge in [-0.15, -0.1) is 0 Å². The van der Waals surface area contributed by atoms with Crippen LogP contribution >= 0.6 is 0 Å². The minimum atomic E-state index is 0.101. The molecule has 0 unspecified atom stereocenters. The number of piperidine rings is 2. The van der Waals surface area contributed by atoms with E-state index in [0.29, 0.717) is 5.82 Å². The summed E-state index contributed by atoms with van der Waals surface area (Å²) in [5.74, 6) is 1.15. The summed E-state index contributed by atoms with van der Waals surface area (Å²) in [5, 5.41) is 4.27. The maximum Gasteiger partial charge on any atom is 0.225 e. The molecule has 1 aromatic heterocycles. The van der Waals surface area contributed by atoms with Gasteiger partial charge in [-0.2, -0.15) is 0 Å². The van der Waals surface area contributed by atoms with Gasteiger partial charge in [-0.1, -0.05) is 23.9 Å². The number of carbonyl (C=O) groups is 1. The molecule has 0 saturated carbocycles. The van der Waals surface area contributed by atoms with E-state index < -0.39 is 0 Å². The fourth-order valence-corrected chi connectivity index (χ4v) is 4.74. The highest BCUT2D eigenvalue weighted by Crippen LogP contribution is 2.27. The first-order valence-electron chi connectivity index (χ1n) is 11.6. The lowest BCUT2D eigenvalue weighted by atomic mass is 9.86. The van der Waals surface area contributed by atoms with E-state index in [1.165, 1.54) is 6.20 Å². The van der Waals surface area contributed by atoms with Crippen molar-refractivity contribution >= 4 is 17.4 Å². The highest BCUT2D eigenvalue weighted by molar-refractivity contribution is 6.04. The fraction of sp³-hybridized carbons (Fsp3) is 0.480. The van der Waals surface area contributed by atoms with E-state index in [0.717, 1.165) is 75.3 Å². The van der Waals surface area contributed by atoms with Crippen molar-refractivity contribution in [2.24, 2.45) is 22.7 Å². The zero-order valence-corrected chi connectivity index (χ0v) is 19.5. The lowest BCUT2D eigenvalue weighted by Gasteiger charge is -2.37. The van der Waals surface area contributed by atoms with Crippen LogP contribution in [-0.2, 0) is 16.2 Å². The summed E-state index contributed by atoms with van der Waals surface area (Å²) in [4.78, 5) is 26.7. The number of pyridine rings is 1. The van der Waals surface area contributed by atoms with Gasteiger partial charge in [-0.3, -0.25) is 9.69 Å². The minimum Gasteiger partial charge on any atom is -0.405 e. The second kappa shape index (κ2) is 12.2. The Morgan fingerprint density at radius 3 is 2.55 bits per heavy atom. The van der Waals surface area contributed by atoms with Crippen molar-refractivity contribution < 1.29 is 9.63 Å². The largest absolute Gasteiger partial charge is 0.405 e. The van der Waals surface area contributed by atoms with E-state index in [9.17, 15) is 4.79 Å². The molecule has 33 heavy (non-hydrogen) atoms. The van der Waals surface area contributed by atoms with Gasteiger partial charge in [0.15, 0.2) is 0 Å². The van der Waals surface area contributed by atoms with Crippen molar-refractivity contribution in [3.05, 3.63) is 60.5 Å². The number of oxime groups is 1. The van der Waals surface area contributed by atoms with E-state index in [-0.39, 0.29) is 17.7 Å². The van der Waals surface area contributed by atoms with E-state index >= 15 is 0 Å². The summed E-state index contributed by atoms with van der Waals surface area (Å²) in [6, 6.07) is 3.92. The van der Waals surface area contributed by atoms with Crippen LogP contribution in [-0.4, -0.2) is 59.7 Å². The molecule has 1 aromatic rings. The van der Waals surface area contributed by atoms with Gasteiger partial charge >= 0.3 is 0 Å². The first-order valence-corrected chi connectivity index (χ1v) is 11.6. The molecule has 1 amide bonds. The summed E-state index contributed by atoms with van der Waals surface area (Å²) in [7, 11) is 1.55. The molecule has 178 valence electrons. The Kier molecular flexibility index (Phi) is 9.06. The maximum absolute atomic E-state index is 13.2. The summed E-state index contributed by atoms with van der Waals surface area (Å²) in [5.41, 5.74) is 14.3.